The van der Waals surface area contributed by atoms with E-state index in [1.807, 2.05) is 24.3 Å². The molecular weight excluding hydrogens is 302 g/mol. The van der Waals surface area contributed by atoms with Crippen LogP contribution in [0, 0.1) is 17.8 Å². The van der Waals surface area contributed by atoms with Crippen LogP contribution in [0.4, 0.5) is 0 Å². The maximum Gasteiger partial charge on any atom is 0.251 e. The van der Waals surface area contributed by atoms with Gasteiger partial charge in [0, 0.05) is 16.1 Å². The molecule has 2 nitrogen and oxygen atoms in total. The Hall–Kier alpha value is -0.830. The van der Waals surface area contributed by atoms with Gasteiger partial charge in [0.25, 0.3) is 5.91 Å². The van der Waals surface area contributed by atoms with Crippen LogP contribution < -0.4 is 5.32 Å². The Morgan fingerprint density at radius 3 is 2.58 bits per heavy atom. The van der Waals surface area contributed by atoms with E-state index in [1.54, 1.807) is 0 Å². The Balaban J connectivity index is 1.61. The molecule has 0 spiro atoms. The lowest BCUT2D eigenvalue weighted by atomic mass is 9.84. The van der Waals surface area contributed by atoms with Crippen molar-refractivity contribution >= 4 is 21.8 Å². The molecule has 0 radical (unpaired) electrons. The van der Waals surface area contributed by atoms with Crippen molar-refractivity contribution in [2.24, 2.45) is 17.8 Å². The highest BCUT2D eigenvalue weighted by Crippen LogP contribution is 2.49. The summed E-state index contributed by atoms with van der Waals surface area (Å²) in [6, 6.07) is 7.86. The van der Waals surface area contributed by atoms with E-state index < -0.39 is 0 Å². The number of hydrogen-bond donors (Lipinski definition) is 1. The smallest absolute Gasteiger partial charge is 0.251 e. The molecule has 3 heteroatoms. The quantitative estimate of drug-likeness (QED) is 0.895. The standard InChI is InChI=1S/C16H20BrNO/c1-10(15-9-11-2-3-13(15)8-11)18-16(19)12-4-6-14(17)7-5-12/h4-7,10-11,13,15H,2-3,8-9H2,1H3,(H,18,19)/t10-,11-,13-,15+/m1/s1. The molecule has 1 aromatic carbocycles. The van der Waals surface area contributed by atoms with E-state index in [0.717, 1.165) is 21.9 Å². The van der Waals surface area contributed by atoms with Crippen molar-refractivity contribution in [2.75, 3.05) is 0 Å². The fourth-order valence-corrected chi connectivity index (χ4v) is 4.17. The first kappa shape index (κ1) is 13.2. The summed E-state index contributed by atoms with van der Waals surface area (Å²) in [6.07, 6.45) is 5.48. The molecule has 0 aromatic heterocycles. The number of rotatable bonds is 3. The van der Waals surface area contributed by atoms with Crippen molar-refractivity contribution in [2.45, 2.75) is 38.6 Å². The number of nitrogens with one attached hydrogen (secondary N) is 1. The summed E-state index contributed by atoms with van der Waals surface area (Å²) in [5.41, 5.74) is 0.748. The third kappa shape index (κ3) is 2.71. The number of carbonyl (C=O) groups excluding carboxylic acids is 1. The van der Waals surface area contributed by atoms with Crippen LogP contribution in [0.5, 0.6) is 0 Å². The lowest BCUT2D eigenvalue weighted by molar-refractivity contribution is 0.0915. The van der Waals surface area contributed by atoms with Gasteiger partial charge in [-0.1, -0.05) is 22.4 Å². The van der Waals surface area contributed by atoms with Crippen LogP contribution in [0.15, 0.2) is 28.7 Å². The van der Waals surface area contributed by atoms with Gasteiger partial charge in [0.2, 0.25) is 0 Å². The summed E-state index contributed by atoms with van der Waals surface area (Å²) < 4.78 is 1.00. The van der Waals surface area contributed by atoms with Gasteiger partial charge < -0.3 is 5.32 Å². The van der Waals surface area contributed by atoms with E-state index in [4.69, 9.17) is 0 Å². The van der Waals surface area contributed by atoms with E-state index in [-0.39, 0.29) is 5.91 Å². The minimum atomic E-state index is 0.0581. The fourth-order valence-electron chi connectivity index (χ4n) is 3.90. The van der Waals surface area contributed by atoms with Gasteiger partial charge in [-0.25, -0.2) is 0 Å². The Bertz CT molecular complexity index is 470. The van der Waals surface area contributed by atoms with Crippen LogP contribution in [0.2, 0.25) is 0 Å². The highest BCUT2D eigenvalue weighted by atomic mass is 79.9. The fraction of sp³-hybridized carbons (Fsp3) is 0.562. The van der Waals surface area contributed by atoms with Crippen molar-refractivity contribution in [1.82, 2.24) is 5.32 Å². The van der Waals surface area contributed by atoms with Gasteiger partial charge in [-0.05, 0) is 68.2 Å². The van der Waals surface area contributed by atoms with Gasteiger partial charge >= 0.3 is 0 Å². The van der Waals surface area contributed by atoms with Crippen LogP contribution in [0.3, 0.4) is 0 Å². The van der Waals surface area contributed by atoms with Crippen LogP contribution in [0.1, 0.15) is 43.0 Å². The third-order valence-corrected chi connectivity index (χ3v) is 5.43. The van der Waals surface area contributed by atoms with Crippen LogP contribution in [-0.2, 0) is 0 Å². The molecule has 0 saturated heterocycles. The van der Waals surface area contributed by atoms with Gasteiger partial charge in [-0.2, -0.15) is 0 Å². The summed E-state index contributed by atoms with van der Waals surface area (Å²) >= 11 is 3.39. The molecule has 1 N–H and O–H groups in total. The SMILES string of the molecule is C[C@@H](NC(=O)c1ccc(Br)cc1)[C@@H]1C[C@@H]2CC[C@@H]1C2. The molecule has 102 valence electrons. The number of halogens is 1. The second kappa shape index (κ2) is 5.28. The molecule has 2 fully saturated rings. The van der Waals surface area contributed by atoms with E-state index in [0.29, 0.717) is 12.0 Å². The molecular formula is C16H20BrNO. The molecule has 0 unspecified atom stereocenters. The molecule has 2 aliphatic rings. The molecule has 3 rings (SSSR count). The second-order valence-electron chi connectivity index (χ2n) is 6.11. The summed E-state index contributed by atoms with van der Waals surface area (Å²) in [4.78, 5) is 12.2. The highest BCUT2D eigenvalue weighted by Gasteiger charge is 2.42. The van der Waals surface area contributed by atoms with E-state index >= 15 is 0 Å². The molecule has 0 aliphatic heterocycles. The van der Waals surface area contributed by atoms with Crippen molar-refractivity contribution in [3.8, 4) is 0 Å². The Morgan fingerprint density at radius 1 is 1.26 bits per heavy atom. The van der Waals surface area contributed by atoms with Crippen molar-refractivity contribution in [1.29, 1.82) is 0 Å². The van der Waals surface area contributed by atoms with Crippen LogP contribution >= 0.6 is 15.9 Å². The lowest BCUT2D eigenvalue weighted by Gasteiger charge is -2.28. The average Bonchev–Trinajstić information content (AvgIpc) is 3.01. The molecule has 2 bridgehead atoms. The van der Waals surface area contributed by atoms with Gasteiger partial charge in [0.1, 0.15) is 0 Å². The molecule has 2 saturated carbocycles. The summed E-state index contributed by atoms with van der Waals surface area (Å²) in [6.45, 7) is 2.17. The maximum absolute atomic E-state index is 12.2. The molecule has 2 aliphatic carbocycles. The predicted molar refractivity (Wildman–Crippen MR) is 80.0 cm³/mol. The minimum absolute atomic E-state index is 0.0581. The van der Waals surface area contributed by atoms with Crippen LogP contribution in [0.25, 0.3) is 0 Å². The van der Waals surface area contributed by atoms with Crippen molar-refractivity contribution < 1.29 is 4.79 Å². The monoisotopic (exact) mass is 321 g/mol. The van der Waals surface area contributed by atoms with Crippen molar-refractivity contribution in [3.05, 3.63) is 34.3 Å². The predicted octanol–water partition coefficient (Wildman–Crippen LogP) is 4.00. The Labute approximate surface area is 123 Å². The number of carbonyl (C=O) groups is 1. The first-order valence-corrected chi connectivity index (χ1v) is 7.99. The summed E-state index contributed by atoms with van der Waals surface area (Å²) in [5, 5.41) is 3.19. The number of fused-ring (bicyclic) bond motifs is 2. The second-order valence-corrected chi connectivity index (χ2v) is 7.02. The highest BCUT2D eigenvalue weighted by molar-refractivity contribution is 9.10. The Morgan fingerprint density at radius 2 is 2.00 bits per heavy atom. The molecule has 1 aromatic rings. The minimum Gasteiger partial charge on any atom is -0.349 e. The van der Waals surface area contributed by atoms with Crippen LogP contribution in [-0.4, -0.2) is 11.9 Å². The summed E-state index contributed by atoms with van der Waals surface area (Å²) in [7, 11) is 0. The molecule has 0 heterocycles. The first-order valence-electron chi connectivity index (χ1n) is 7.20. The van der Waals surface area contributed by atoms with Crippen molar-refractivity contribution in [3.63, 3.8) is 0 Å². The third-order valence-electron chi connectivity index (χ3n) is 4.90. The number of benzene rings is 1. The molecule has 19 heavy (non-hydrogen) atoms. The van der Waals surface area contributed by atoms with Gasteiger partial charge in [0.05, 0.1) is 0 Å². The first-order chi connectivity index (χ1) is 9.13. The van der Waals surface area contributed by atoms with E-state index in [9.17, 15) is 4.79 Å². The normalized spacial score (nSPS) is 30.3. The van der Waals surface area contributed by atoms with E-state index in [2.05, 4.69) is 28.2 Å². The molecule has 1 amide bonds. The van der Waals surface area contributed by atoms with Gasteiger partial charge in [-0.15, -0.1) is 0 Å². The van der Waals surface area contributed by atoms with E-state index in [1.165, 1.54) is 25.7 Å². The zero-order chi connectivity index (χ0) is 13.4. The summed E-state index contributed by atoms with van der Waals surface area (Å²) in [5.74, 6) is 2.54. The maximum atomic E-state index is 12.2. The zero-order valence-corrected chi connectivity index (χ0v) is 12.8. The number of amides is 1. The Kier molecular flexibility index (Phi) is 3.66. The largest absolute Gasteiger partial charge is 0.349 e. The number of hydrogen-bond acceptors (Lipinski definition) is 1. The van der Waals surface area contributed by atoms with Gasteiger partial charge in [-0.3, -0.25) is 4.79 Å². The average molecular weight is 322 g/mol. The van der Waals surface area contributed by atoms with Gasteiger partial charge in [0.15, 0.2) is 0 Å². The lowest BCUT2D eigenvalue weighted by Crippen LogP contribution is -2.40. The zero-order valence-electron chi connectivity index (χ0n) is 11.2. The molecule has 4 atom stereocenters. The topological polar surface area (TPSA) is 29.1 Å².